The lowest BCUT2D eigenvalue weighted by atomic mass is 10.1. The molecule has 2 amide bonds. The van der Waals surface area contributed by atoms with E-state index in [1.807, 2.05) is 13.0 Å². The number of nitrogens with one attached hydrogen (secondary N) is 1. The van der Waals surface area contributed by atoms with Crippen molar-refractivity contribution in [2.45, 2.75) is 20.4 Å². The number of rotatable bonds is 5. The minimum Gasteiger partial charge on any atom is -0.361 e. The molecular weight excluding hydrogens is 344 g/mol. The fraction of sp³-hybridized carbons (Fsp3) is 0.200. The highest BCUT2D eigenvalue weighted by Crippen LogP contribution is 2.23. The van der Waals surface area contributed by atoms with E-state index in [0.29, 0.717) is 34.8 Å². The highest BCUT2D eigenvalue weighted by Gasteiger charge is 2.20. The standard InChI is InChI=1S/C20H20N4O3/c1-13-5-4-6-17(18(13)22-19(25)15-7-9-21-10-8-15)20(26)24(3)12-16-11-14(2)27-23-16/h4-11H,12H2,1-3H3,(H,22,25). The fourth-order valence-electron chi connectivity index (χ4n) is 2.71. The second-order valence-electron chi connectivity index (χ2n) is 6.28. The van der Waals surface area contributed by atoms with Crippen LogP contribution in [-0.2, 0) is 6.54 Å². The van der Waals surface area contributed by atoms with Gasteiger partial charge in [0.1, 0.15) is 11.5 Å². The highest BCUT2D eigenvalue weighted by molar-refractivity contribution is 6.09. The van der Waals surface area contributed by atoms with Gasteiger partial charge in [0.25, 0.3) is 11.8 Å². The van der Waals surface area contributed by atoms with Gasteiger partial charge in [0.05, 0.1) is 17.8 Å². The molecule has 0 aliphatic rings. The van der Waals surface area contributed by atoms with Crippen molar-refractivity contribution < 1.29 is 14.1 Å². The average molecular weight is 364 g/mol. The molecule has 0 saturated heterocycles. The molecule has 0 bridgehead atoms. The molecule has 1 N–H and O–H groups in total. The van der Waals surface area contributed by atoms with Crippen molar-refractivity contribution in [3.63, 3.8) is 0 Å². The Morgan fingerprint density at radius 1 is 1.15 bits per heavy atom. The maximum absolute atomic E-state index is 13.0. The topological polar surface area (TPSA) is 88.3 Å². The van der Waals surface area contributed by atoms with Gasteiger partial charge in [-0.2, -0.15) is 0 Å². The molecule has 27 heavy (non-hydrogen) atoms. The predicted molar refractivity (Wildman–Crippen MR) is 100 cm³/mol. The molecule has 3 rings (SSSR count). The Morgan fingerprint density at radius 2 is 1.89 bits per heavy atom. The Labute approximate surface area is 157 Å². The molecule has 2 heterocycles. The van der Waals surface area contributed by atoms with Gasteiger partial charge in [-0.1, -0.05) is 17.3 Å². The van der Waals surface area contributed by atoms with Crippen LogP contribution in [0.25, 0.3) is 0 Å². The molecule has 0 unspecified atom stereocenters. The van der Waals surface area contributed by atoms with Crippen molar-refractivity contribution >= 4 is 17.5 Å². The zero-order valence-electron chi connectivity index (χ0n) is 15.4. The molecule has 0 radical (unpaired) electrons. The van der Waals surface area contributed by atoms with E-state index in [4.69, 9.17) is 4.52 Å². The molecule has 0 aliphatic heterocycles. The van der Waals surface area contributed by atoms with Crippen molar-refractivity contribution in [1.29, 1.82) is 0 Å². The van der Waals surface area contributed by atoms with E-state index < -0.39 is 0 Å². The monoisotopic (exact) mass is 364 g/mol. The number of carbonyl (C=O) groups excluding carboxylic acids is 2. The minimum atomic E-state index is -0.296. The van der Waals surface area contributed by atoms with E-state index in [1.54, 1.807) is 56.7 Å². The molecule has 7 nitrogen and oxygen atoms in total. The number of carbonyl (C=O) groups is 2. The second-order valence-corrected chi connectivity index (χ2v) is 6.28. The Morgan fingerprint density at radius 3 is 2.56 bits per heavy atom. The first kappa shape index (κ1) is 18.3. The lowest BCUT2D eigenvalue weighted by Gasteiger charge is -2.19. The smallest absolute Gasteiger partial charge is 0.256 e. The first-order valence-electron chi connectivity index (χ1n) is 8.44. The van der Waals surface area contributed by atoms with E-state index in [-0.39, 0.29) is 11.8 Å². The van der Waals surface area contributed by atoms with E-state index in [0.717, 1.165) is 5.56 Å². The number of anilines is 1. The van der Waals surface area contributed by atoms with Gasteiger partial charge in [0.15, 0.2) is 0 Å². The van der Waals surface area contributed by atoms with Crippen molar-refractivity contribution in [2.75, 3.05) is 12.4 Å². The summed E-state index contributed by atoms with van der Waals surface area (Å²) in [5, 5.41) is 6.77. The van der Waals surface area contributed by atoms with Gasteiger partial charge in [-0.05, 0) is 37.6 Å². The number of benzene rings is 1. The fourth-order valence-corrected chi connectivity index (χ4v) is 2.71. The summed E-state index contributed by atoms with van der Waals surface area (Å²) in [5.41, 5.74) is 2.85. The summed E-state index contributed by atoms with van der Waals surface area (Å²) >= 11 is 0. The van der Waals surface area contributed by atoms with Gasteiger partial charge in [-0.15, -0.1) is 0 Å². The van der Waals surface area contributed by atoms with E-state index in [9.17, 15) is 9.59 Å². The summed E-state index contributed by atoms with van der Waals surface area (Å²) in [5.74, 6) is 0.173. The lowest BCUT2D eigenvalue weighted by Crippen LogP contribution is -2.28. The summed E-state index contributed by atoms with van der Waals surface area (Å²) in [6.07, 6.45) is 3.10. The molecule has 0 aliphatic carbocycles. The van der Waals surface area contributed by atoms with Crippen LogP contribution in [0, 0.1) is 13.8 Å². The summed E-state index contributed by atoms with van der Waals surface area (Å²) < 4.78 is 5.05. The quantitative estimate of drug-likeness (QED) is 0.751. The van der Waals surface area contributed by atoms with Gasteiger partial charge < -0.3 is 14.7 Å². The number of nitrogens with zero attached hydrogens (tertiary/aromatic N) is 3. The van der Waals surface area contributed by atoms with Gasteiger partial charge in [-0.3, -0.25) is 14.6 Å². The molecule has 0 spiro atoms. The van der Waals surface area contributed by atoms with E-state index in [2.05, 4.69) is 15.5 Å². The normalized spacial score (nSPS) is 10.5. The van der Waals surface area contributed by atoms with Crippen molar-refractivity contribution in [3.05, 3.63) is 76.9 Å². The van der Waals surface area contributed by atoms with Crippen molar-refractivity contribution in [1.82, 2.24) is 15.0 Å². The van der Waals surface area contributed by atoms with Crippen LogP contribution in [0.1, 0.15) is 37.7 Å². The molecule has 138 valence electrons. The first-order chi connectivity index (χ1) is 13.0. The largest absolute Gasteiger partial charge is 0.361 e. The number of hydrogen-bond donors (Lipinski definition) is 1. The number of aryl methyl sites for hydroxylation is 2. The average Bonchev–Trinajstić information content (AvgIpc) is 3.08. The third-order valence-electron chi connectivity index (χ3n) is 4.11. The Bertz CT molecular complexity index is 966. The van der Waals surface area contributed by atoms with Crippen molar-refractivity contribution in [2.24, 2.45) is 0 Å². The SMILES string of the molecule is Cc1cc(CN(C)C(=O)c2cccc(C)c2NC(=O)c2ccncc2)no1. The maximum atomic E-state index is 13.0. The van der Waals surface area contributed by atoms with Gasteiger partial charge in [0, 0.05) is 31.1 Å². The third-order valence-corrected chi connectivity index (χ3v) is 4.11. The Kier molecular flexibility index (Phi) is 5.30. The highest BCUT2D eigenvalue weighted by atomic mass is 16.5. The van der Waals surface area contributed by atoms with Crippen LogP contribution in [0.5, 0.6) is 0 Å². The zero-order chi connectivity index (χ0) is 19.4. The summed E-state index contributed by atoms with van der Waals surface area (Å²) in [6.45, 7) is 3.95. The molecular formula is C20H20N4O3. The number of pyridine rings is 1. The number of hydrogen-bond acceptors (Lipinski definition) is 5. The van der Waals surface area contributed by atoms with Gasteiger partial charge >= 0.3 is 0 Å². The number of para-hydroxylation sites is 1. The van der Waals surface area contributed by atoms with Crippen LogP contribution < -0.4 is 5.32 Å². The van der Waals surface area contributed by atoms with Crippen molar-refractivity contribution in [3.8, 4) is 0 Å². The summed E-state index contributed by atoms with van der Waals surface area (Å²) in [4.78, 5) is 30.9. The lowest BCUT2D eigenvalue weighted by molar-refractivity contribution is 0.0783. The van der Waals surface area contributed by atoms with Crippen LogP contribution >= 0.6 is 0 Å². The maximum Gasteiger partial charge on any atom is 0.256 e. The third kappa shape index (κ3) is 4.20. The molecule has 0 fully saturated rings. The summed E-state index contributed by atoms with van der Waals surface area (Å²) in [6, 6.07) is 10.4. The summed E-state index contributed by atoms with van der Waals surface area (Å²) in [7, 11) is 1.68. The van der Waals surface area contributed by atoms with Crippen LogP contribution in [0.4, 0.5) is 5.69 Å². The molecule has 7 heteroatoms. The first-order valence-corrected chi connectivity index (χ1v) is 8.44. The molecule has 0 atom stereocenters. The molecule has 1 aromatic carbocycles. The van der Waals surface area contributed by atoms with Crippen LogP contribution in [0.15, 0.2) is 53.3 Å². The van der Waals surface area contributed by atoms with Gasteiger partial charge in [0.2, 0.25) is 0 Å². The van der Waals surface area contributed by atoms with Crippen LogP contribution in [-0.4, -0.2) is 33.9 Å². The van der Waals surface area contributed by atoms with Crippen LogP contribution in [0.2, 0.25) is 0 Å². The zero-order valence-corrected chi connectivity index (χ0v) is 15.4. The molecule has 2 aromatic heterocycles. The Balaban J connectivity index is 1.84. The number of aromatic nitrogens is 2. The molecule has 0 saturated carbocycles. The van der Waals surface area contributed by atoms with Gasteiger partial charge in [-0.25, -0.2) is 0 Å². The van der Waals surface area contributed by atoms with E-state index >= 15 is 0 Å². The second kappa shape index (κ2) is 7.82. The predicted octanol–water partition coefficient (Wildman–Crippen LogP) is 3.21. The molecule has 3 aromatic rings. The minimum absolute atomic E-state index is 0.218. The van der Waals surface area contributed by atoms with E-state index in [1.165, 1.54) is 4.90 Å². The van der Waals surface area contributed by atoms with Crippen LogP contribution in [0.3, 0.4) is 0 Å². The Hall–Kier alpha value is -3.48. The number of amides is 2.